The predicted molar refractivity (Wildman–Crippen MR) is 74.1 cm³/mol. The molecule has 9 heteroatoms. The van der Waals surface area contributed by atoms with Crippen LogP contribution in [0.15, 0.2) is 40.2 Å². The molecule has 0 radical (unpaired) electrons. The third-order valence-electron chi connectivity index (χ3n) is 2.32. The van der Waals surface area contributed by atoms with E-state index >= 15 is 0 Å². The van der Waals surface area contributed by atoms with Crippen molar-refractivity contribution < 1.29 is 8.42 Å². The lowest BCUT2D eigenvalue weighted by molar-refractivity contribution is 0.601. The van der Waals surface area contributed by atoms with Gasteiger partial charge in [-0.3, -0.25) is 9.52 Å². The molecule has 0 unspecified atom stereocenters. The van der Waals surface area contributed by atoms with Crippen LogP contribution in [0.5, 0.6) is 0 Å². The summed E-state index contributed by atoms with van der Waals surface area (Å²) in [4.78, 5) is 14.9. The molecule has 0 aliphatic carbocycles. The standard InChI is InChI=1S/C11H13N5O3S/c1-2-12-11-8(4-3-7-13-11)20(18,19)16-9-5-6-10(17)15-14-9/h3-7H,2H2,1H3,(H,12,13)(H,14,16)(H,15,17). The minimum Gasteiger partial charge on any atom is -0.369 e. The quantitative estimate of drug-likeness (QED) is 0.735. The Morgan fingerprint density at radius 2 is 2.10 bits per heavy atom. The minimum absolute atomic E-state index is 0.00912. The summed E-state index contributed by atoms with van der Waals surface area (Å²) < 4.78 is 26.8. The Labute approximate surface area is 115 Å². The molecule has 3 N–H and O–H groups in total. The van der Waals surface area contributed by atoms with Gasteiger partial charge in [-0.2, -0.15) is 5.10 Å². The van der Waals surface area contributed by atoms with Gasteiger partial charge in [0.15, 0.2) is 5.82 Å². The van der Waals surface area contributed by atoms with Gasteiger partial charge in [0.25, 0.3) is 15.6 Å². The van der Waals surface area contributed by atoms with E-state index in [1.807, 2.05) is 6.92 Å². The summed E-state index contributed by atoms with van der Waals surface area (Å²) in [5.41, 5.74) is -0.414. The zero-order chi connectivity index (χ0) is 14.6. The van der Waals surface area contributed by atoms with Crippen LogP contribution in [0.3, 0.4) is 0 Å². The van der Waals surface area contributed by atoms with Crippen molar-refractivity contribution in [2.45, 2.75) is 11.8 Å². The van der Waals surface area contributed by atoms with E-state index in [2.05, 4.69) is 25.2 Å². The maximum Gasteiger partial charge on any atom is 0.266 e. The molecule has 0 saturated heterocycles. The van der Waals surface area contributed by atoms with Crippen LogP contribution in [0, 0.1) is 0 Å². The Balaban J connectivity index is 2.35. The Hall–Kier alpha value is -2.42. The molecule has 0 spiro atoms. The van der Waals surface area contributed by atoms with Crippen LogP contribution < -0.4 is 15.6 Å². The first-order chi connectivity index (χ1) is 9.53. The van der Waals surface area contributed by atoms with Crippen molar-refractivity contribution in [3.8, 4) is 0 Å². The normalized spacial score (nSPS) is 11.1. The predicted octanol–water partition coefficient (Wildman–Crippen LogP) is 0.397. The molecular weight excluding hydrogens is 282 g/mol. The molecule has 20 heavy (non-hydrogen) atoms. The molecule has 0 aromatic carbocycles. The molecule has 106 valence electrons. The molecule has 2 aromatic rings. The van der Waals surface area contributed by atoms with Gasteiger partial charge >= 0.3 is 0 Å². The van der Waals surface area contributed by atoms with E-state index in [1.165, 1.54) is 30.5 Å². The fourth-order valence-electron chi connectivity index (χ4n) is 1.50. The van der Waals surface area contributed by atoms with E-state index < -0.39 is 15.6 Å². The average Bonchev–Trinajstić information content (AvgIpc) is 2.42. The summed E-state index contributed by atoms with van der Waals surface area (Å²) in [7, 11) is -3.84. The largest absolute Gasteiger partial charge is 0.369 e. The SMILES string of the molecule is CCNc1ncccc1S(=O)(=O)Nc1ccc(=O)[nH]n1. The number of nitrogens with one attached hydrogen (secondary N) is 3. The highest BCUT2D eigenvalue weighted by Gasteiger charge is 2.19. The van der Waals surface area contributed by atoms with E-state index in [4.69, 9.17) is 0 Å². The number of rotatable bonds is 5. The lowest BCUT2D eigenvalue weighted by Crippen LogP contribution is -2.18. The van der Waals surface area contributed by atoms with E-state index in [0.29, 0.717) is 6.54 Å². The first-order valence-corrected chi connectivity index (χ1v) is 7.28. The lowest BCUT2D eigenvalue weighted by Gasteiger charge is -2.11. The zero-order valence-corrected chi connectivity index (χ0v) is 11.4. The summed E-state index contributed by atoms with van der Waals surface area (Å²) in [6, 6.07) is 5.41. The van der Waals surface area contributed by atoms with Crippen molar-refractivity contribution in [2.75, 3.05) is 16.6 Å². The van der Waals surface area contributed by atoms with E-state index in [9.17, 15) is 13.2 Å². The number of hydrogen-bond acceptors (Lipinski definition) is 6. The van der Waals surface area contributed by atoms with E-state index in [1.54, 1.807) is 0 Å². The van der Waals surface area contributed by atoms with Crippen LogP contribution >= 0.6 is 0 Å². The van der Waals surface area contributed by atoms with Gasteiger partial charge in [0.2, 0.25) is 0 Å². The smallest absolute Gasteiger partial charge is 0.266 e. The van der Waals surface area contributed by atoms with Gasteiger partial charge in [-0.15, -0.1) is 0 Å². The fraction of sp³-hybridized carbons (Fsp3) is 0.182. The molecule has 8 nitrogen and oxygen atoms in total. The number of anilines is 2. The molecule has 0 fully saturated rings. The van der Waals surface area contributed by atoms with Crippen LogP contribution in [-0.2, 0) is 10.0 Å². The Kier molecular flexibility index (Phi) is 3.99. The minimum atomic E-state index is -3.84. The number of aromatic nitrogens is 3. The topological polar surface area (TPSA) is 117 Å². The molecule has 0 aliphatic heterocycles. The summed E-state index contributed by atoms with van der Waals surface area (Å²) in [5, 5.41) is 8.61. The second-order valence-corrected chi connectivity index (χ2v) is 5.44. The molecule has 2 rings (SSSR count). The van der Waals surface area contributed by atoms with Gasteiger partial charge in [0, 0.05) is 18.8 Å². The average molecular weight is 295 g/mol. The fourth-order valence-corrected chi connectivity index (χ4v) is 2.64. The van der Waals surface area contributed by atoms with Gasteiger partial charge in [-0.25, -0.2) is 18.5 Å². The number of sulfonamides is 1. The van der Waals surface area contributed by atoms with Gasteiger partial charge in [0.1, 0.15) is 10.7 Å². The molecular formula is C11H13N5O3S. The Morgan fingerprint density at radius 1 is 1.30 bits per heavy atom. The molecule has 2 aromatic heterocycles. The summed E-state index contributed by atoms with van der Waals surface area (Å²) in [6.07, 6.45) is 1.50. The lowest BCUT2D eigenvalue weighted by atomic mass is 10.4. The molecule has 0 saturated carbocycles. The van der Waals surface area contributed by atoms with Gasteiger partial charge in [-0.1, -0.05) is 0 Å². The second-order valence-electron chi connectivity index (χ2n) is 3.79. The number of hydrogen-bond donors (Lipinski definition) is 3. The molecule has 0 amide bonds. The number of nitrogens with zero attached hydrogens (tertiary/aromatic N) is 2. The summed E-state index contributed by atoms with van der Waals surface area (Å²) >= 11 is 0. The van der Waals surface area contributed by atoms with Crippen molar-refractivity contribution in [2.24, 2.45) is 0 Å². The van der Waals surface area contributed by atoms with Crippen molar-refractivity contribution in [3.05, 3.63) is 40.8 Å². The summed E-state index contributed by atoms with van der Waals surface area (Å²) in [6.45, 7) is 2.37. The van der Waals surface area contributed by atoms with Crippen molar-refractivity contribution >= 4 is 21.7 Å². The molecule has 2 heterocycles. The highest BCUT2D eigenvalue weighted by molar-refractivity contribution is 7.92. The van der Waals surface area contributed by atoms with Crippen LogP contribution in [0.25, 0.3) is 0 Å². The number of pyridine rings is 1. The van der Waals surface area contributed by atoms with Crippen LogP contribution in [-0.4, -0.2) is 30.1 Å². The van der Waals surface area contributed by atoms with Crippen molar-refractivity contribution in [1.82, 2.24) is 15.2 Å². The Morgan fingerprint density at radius 3 is 2.75 bits per heavy atom. The molecule has 0 aliphatic rings. The van der Waals surface area contributed by atoms with Gasteiger partial charge in [-0.05, 0) is 25.1 Å². The summed E-state index contributed by atoms with van der Waals surface area (Å²) in [5.74, 6) is 0.280. The van der Waals surface area contributed by atoms with Crippen LogP contribution in [0.2, 0.25) is 0 Å². The highest BCUT2D eigenvalue weighted by atomic mass is 32.2. The van der Waals surface area contributed by atoms with Crippen LogP contribution in [0.1, 0.15) is 6.92 Å². The van der Waals surface area contributed by atoms with Gasteiger partial charge < -0.3 is 5.32 Å². The van der Waals surface area contributed by atoms with Crippen LogP contribution in [0.4, 0.5) is 11.6 Å². The zero-order valence-electron chi connectivity index (χ0n) is 10.6. The van der Waals surface area contributed by atoms with Crippen molar-refractivity contribution in [3.63, 3.8) is 0 Å². The first-order valence-electron chi connectivity index (χ1n) is 5.80. The molecule has 0 bridgehead atoms. The number of aromatic amines is 1. The van der Waals surface area contributed by atoms with Crippen molar-refractivity contribution in [1.29, 1.82) is 0 Å². The third kappa shape index (κ3) is 3.12. The van der Waals surface area contributed by atoms with Gasteiger partial charge in [0.05, 0.1) is 0 Å². The molecule has 0 atom stereocenters. The number of H-pyrrole nitrogens is 1. The third-order valence-corrected chi connectivity index (χ3v) is 3.71. The highest BCUT2D eigenvalue weighted by Crippen LogP contribution is 2.20. The first kappa shape index (κ1) is 14.0. The maximum atomic E-state index is 12.3. The monoisotopic (exact) mass is 295 g/mol. The maximum absolute atomic E-state index is 12.3. The second kappa shape index (κ2) is 5.70. The Bertz CT molecular complexity index is 736. The van der Waals surface area contributed by atoms with E-state index in [0.717, 1.165) is 0 Å². The van der Waals surface area contributed by atoms with E-state index in [-0.39, 0.29) is 16.5 Å².